The monoisotopic (exact) mass is 768 g/mol. The molecule has 1 N–H and O–H groups in total. The molecule has 2 aliphatic rings. The number of fused-ring (bicyclic) bond motifs is 1. The second-order valence-corrected chi connectivity index (χ2v) is 20.0. The molecule has 0 saturated carbocycles. The van der Waals surface area contributed by atoms with Gasteiger partial charge >= 0.3 is 5.97 Å². The quantitative estimate of drug-likeness (QED) is 0.0371. The Kier molecular flexibility index (Phi) is 9.93. The van der Waals surface area contributed by atoms with Crippen molar-refractivity contribution in [2.75, 3.05) is 18.7 Å². The number of methoxy groups -OCH3 is 1. The molecular weight excluding hydrogens is 728 g/mol. The fourth-order valence-corrected chi connectivity index (χ4v) is 9.73. The number of rotatable bonds is 11. The van der Waals surface area contributed by atoms with Crippen LogP contribution in [0.1, 0.15) is 43.8 Å². The van der Waals surface area contributed by atoms with Crippen molar-refractivity contribution in [1.82, 2.24) is 10.2 Å². The van der Waals surface area contributed by atoms with Gasteiger partial charge in [-0.2, -0.15) is 0 Å². The van der Waals surface area contributed by atoms with Gasteiger partial charge in [-0.1, -0.05) is 129 Å². The van der Waals surface area contributed by atoms with E-state index in [1.807, 2.05) is 116 Å². The van der Waals surface area contributed by atoms with Gasteiger partial charge in [-0.05, 0) is 34.0 Å². The molecule has 0 radical (unpaired) electrons. The molecule has 10 nitrogen and oxygen atoms in total. The van der Waals surface area contributed by atoms with Crippen LogP contribution in [0.15, 0.2) is 145 Å². The van der Waals surface area contributed by atoms with E-state index in [2.05, 4.69) is 5.32 Å². The number of nitro benzene ring substituents is 1. The number of nitro groups is 1. The predicted octanol–water partition coefficient (Wildman–Crippen LogP) is 7.32. The van der Waals surface area contributed by atoms with E-state index < -0.39 is 61.0 Å². The first-order valence-electron chi connectivity index (χ1n) is 18.2. The minimum atomic E-state index is -2.47. The number of nitrogens with one attached hydrogen (secondary N) is 1. The van der Waals surface area contributed by atoms with Crippen LogP contribution in [0.2, 0.25) is 19.6 Å². The Morgan fingerprint density at radius 1 is 0.839 bits per heavy atom. The summed E-state index contributed by atoms with van der Waals surface area (Å²) in [4.78, 5) is 57.8. The number of hydrogen-bond acceptors (Lipinski definition) is 8. The number of halogens is 1. The maximum absolute atomic E-state index is 16.6. The number of esters is 1. The highest BCUT2D eigenvalue weighted by Crippen LogP contribution is 2.49. The van der Waals surface area contributed by atoms with Crippen LogP contribution in [0.5, 0.6) is 0 Å². The third-order valence-electron chi connectivity index (χ3n) is 10.7. The van der Waals surface area contributed by atoms with Crippen LogP contribution in [-0.4, -0.2) is 61.0 Å². The Morgan fingerprint density at radius 3 is 1.84 bits per heavy atom. The lowest BCUT2D eigenvalue weighted by Gasteiger charge is -2.48. The lowest BCUT2D eigenvalue weighted by molar-refractivity contribution is -0.384. The fraction of sp³-hybridized carbons (Fsp3) is 0.205. The normalized spacial score (nSPS) is 18.2. The third kappa shape index (κ3) is 6.15. The van der Waals surface area contributed by atoms with Gasteiger partial charge in [-0.3, -0.25) is 19.7 Å². The lowest BCUT2D eigenvalue weighted by atomic mass is 9.75. The summed E-state index contributed by atoms with van der Waals surface area (Å²) in [6.07, 6.45) is 0.206. The Labute approximate surface area is 325 Å². The van der Waals surface area contributed by atoms with Gasteiger partial charge in [-0.15, -0.1) is 0 Å². The molecule has 1 amide bonds. The maximum Gasteiger partial charge on any atom is 0.340 e. The number of alkyl halides is 1. The molecule has 284 valence electrons. The van der Waals surface area contributed by atoms with Gasteiger partial charge in [0, 0.05) is 41.7 Å². The molecule has 2 aliphatic heterocycles. The number of Topliss-reactive ketones (excluding diaryl/α,β-unsaturated/α-hetero) is 1. The number of amides is 1. The number of carbonyl (C=O) groups is 3. The summed E-state index contributed by atoms with van der Waals surface area (Å²) in [5.41, 5.74) is -0.170. The largest absolute Gasteiger partial charge is 0.467 e. The van der Waals surface area contributed by atoms with Crippen molar-refractivity contribution in [3.8, 4) is 0 Å². The first-order valence-corrected chi connectivity index (χ1v) is 21.7. The molecule has 12 heteroatoms. The topological polar surface area (TPSA) is 122 Å². The van der Waals surface area contributed by atoms with E-state index in [0.29, 0.717) is 16.6 Å². The van der Waals surface area contributed by atoms with Crippen LogP contribution in [0, 0.1) is 10.1 Å². The first kappa shape index (κ1) is 37.9. The van der Waals surface area contributed by atoms with E-state index in [9.17, 15) is 24.5 Å². The lowest BCUT2D eigenvalue weighted by Crippen LogP contribution is -2.64. The van der Waals surface area contributed by atoms with Gasteiger partial charge in [-0.25, -0.2) is 9.18 Å². The number of carbonyl (C=O) groups excluding carboxylic acids is 3. The Morgan fingerprint density at radius 2 is 1.36 bits per heavy atom. The van der Waals surface area contributed by atoms with E-state index in [0.717, 1.165) is 23.8 Å². The highest BCUT2D eigenvalue weighted by molar-refractivity contribution is 6.89. The molecule has 56 heavy (non-hydrogen) atoms. The second kappa shape index (κ2) is 14.7. The third-order valence-corrected chi connectivity index (χ3v) is 12.7. The van der Waals surface area contributed by atoms with Crippen molar-refractivity contribution < 1.29 is 28.4 Å². The number of hydrogen-bond donors (Lipinski definition) is 1. The van der Waals surface area contributed by atoms with E-state index in [-0.39, 0.29) is 16.8 Å². The zero-order valence-corrected chi connectivity index (χ0v) is 32.4. The molecule has 0 aromatic heterocycles. The van der Waals surface area contributed by atoms with Crippen molar-refractivity contribution in [3.63, 3.8) is 0 Å². The second-order valence-electron chi connectivity index (χ2n) is 15.0. The number of non-ortho nitro benzene ring substituents is 1. The van der Waals surface area contributed by atoms with E-state index >= 15 is 4.39 Å². The molecule has 0 saturated heterocycles. The van der Waals surface area contributed by atoms with Gasteiger partial charge in [0.1, 0.15) is 18.4 Å². The molecule has 2 heterocycles. The van der Waals surface area contributed by atoms with Gasteiger partial charge in [0.15, 0.2) is 0 Å². The minimum Gasteiger partial charge on any atom is -0.467 e. The van der Waals surface area contributed by atoms with Crippen LogP contribution >= 0.6 is 0 Å². The molecular formula is C44H41FN4O6Si. The van der Waals surface area contributed by atoms with E-state index in [4.69, 9.17) is 4.74 Å². The smallest absolute Gasteiger partial charge is 0.340 e. The Balaban J connectivity index is 1.56. The van der Waals surface area contributed by atoms with Crippen LogP contribution in [-0.2, 0) is 15.1 Å². The summed E-state index contributed by atoms with van der Waals surface area (Å²) >= 11 is 0. The number of ether oxygens (including phenoxy) is 1. The summed E-state index contributed by atoms with van der Waals surface area (Å²) in [7, 11) is -1.32. The van der Waals surface area contributed by atoms with Crippen LogP contribution in [0.4, 0.5) is 15.8 Å². The fourth-order valence-electron chi connectivity index (χ4n) is 8.18. The van der Waals surface area contributed by atoms with Crippen molar-refractivity contribution in [2.24, 2.45) is 0 Å². The molecule has 2 atom stereocenters. The molecule has 5 aromatic rings. The molecule has 7 rings (SSSR count). The molecule has 0 bridgehead atoms. The highest BCUT2D eigenvalue weighted by atomic mass is 28.3. The van der Waals surface area contributed by atoms with E-state index in [1.54, 1.807) is 29.3 Å². The van der Waals surface area contributed by atoms with Crippen molar-refractivity contribution >= 4 is 42.3 Å². The van der Waals surface area contributed by atoms with Crippen molar-refractivity contribution in [2.45, 2.75) is 43.3 Å². The standard InChI is InChI=1S/C44H41FN4O6Si/c1-55-42(52)43(40(50)35-22-14-15-23-36(35)41(51)46-43)27-34-29-47(39(28-45)48(34)37-25-24-33(49(53)54)26-38(37)56(2,3)4)44(30-16-8-5-9-17-30,31-18-10-6-11-19-31)32-20-12-7-13-21-32/h5-26,29,39H,27-28H2,1-4H3,(H,46,51)/t39?,43-/m1/s1. The number of nitrogens with zero attached hydrogens (tertiary/aromatic N) is 3. The van der Waals surface area contributed by atoms with Crippen LogP contribution < -0.4 is 15.4 Å². The van der Waals surface area contributed by atoms with E-state index in [1.165, 1.54) is 24.3 Å². The van der Waals surface area contributed by atoms with Crippen LogP contribution in [0.25, 0.3) is 0 Å². The molecule has 0 spiro atoms. The Bertz CT molecular complexity index is 2260. The molecule has 1 unspecified atom stereocenters. The zero-order valence-electron chi connectivity index (χ0n) is 31.4. The SMILES string of the molecule is COC(=O)[C@]1(CC2=CN(C(c3ccccc3)(c3ccccc3)c3ccccc3)C(CF)N2c2ccc([N+](=O)[O-])cc2[Si](C)(C)C)NC(=O)c2ccccc2C1=O. The molecule has 0 aliphatic carbocycles. The predicted molar refractivity (Wildman–Crippen MR) is 215 cm³/mol. The summed E-state index contributed by atoms with van der Waals surface area (Å²) in [6, 6.07) is 39.8. The Hall–Kier alpha value is -6.40. The number of benzene rings is 5. The summed E-state index contributed by atoms with van der Waals surface area (Å²) in [6.45, 7) is 5.16. The summed E-state index contributed by atoms with van der Waals surface area (Å²) in [5.74, 6) is -2.30. The average molecular weight is 769 g/mol. The molecule has 5 aromatic carbocycles. The first-order chi connectivity index (χ1) is 26.9. The minimum absolute atomic E-state index is 0.0519. The van der Waals surface area contributed by atoms with Gasteiger partial charge < -0.3 is 19.9 Å². The van der Waals surface area contributed by atoms with Gasteiger partial charge in [0.05, 0.1) is 25.7 Å². The maximum atomic E-state index is 16.6. The van der Waals surface area contributed by atoms with Gasteiger partial charge in [0.25, 0.3) is 11.6 Å². The van der Waals surface area contributed by atoms with Crippen molar-refractivity contribution in [3.05, 3.63) is 183 Å². The molecule has 0 fully saturated rings. The number of ketones is 1. The average Bonchev–Trinajstić information content (AvgIpc) is 3.57. The van der Waals surface area contributed by atoms with Crippen LogP contribution in [0.3, 0.4) is 0 Å². The summed E-state index contributed by atoms with van der Waals surface area (Å²) < 4.78 is 21.8. The summed E-state index contributed by atoms with van der Waals surface area (Å²) in [5, 5.41) is 15.5. The van der Waals surface area contributed by atoms with Gasteiger partial charge in [0.2, 0.25) is 11.3 Å². The van der Waals surface area contributed by atoms with Crippen molar-refractivity contribution in [1.29, 1.82) is 0 Å². The number of anilines is 1. The zero-order chi connectivity index (χ0) is 39.8. The highest BCUT2D eigenvalue weighted by Gasteiger charge is 2.56.